The van der Waals surface area contributed by atoms with Crippen molar-refractivity contribution in [2.24, 2.45) is 5.92 Å². The number of nitrogens with zero attached hydrogens (tertiary/aromatic N) is 2. The van der Waals surface area contributed by atoms with Crippen LogP contribution in [0.2, 0.25) is 0 Å². The van der Waals surface area contributed by atoms with Crippen LogP contribution in [0.5, 0.6) is 0 Å². The van der Waals surface area contributed by atoms with E-state index in [0.717, 1.165) is 32.0 Å². The number of benzene rings is 1. The van der Waals surface area contributed by atoms with Gasteiger partial charge in [0.1, 0.15) is 0 Å². The Labute approximate surface area is 135 Å². The second kappa shape index (κ2) is 7.36. The fourth-order valence-electron chi connectivity index (χ4n) is 3.29. The number of carbonyl (C=O) groups excluding carboxylic acids is 1. The highest BCUT2D eigenvalue weighted by Gasteiger charge is 2.29. The average Bonchev–Trinajstić information content (AvgIpc) is 2.60. The van der Waals surface area contributed by atoms with Gasteiger partial charge in [-0.1, -0.05) is 12.1 Å². The topological polar surface area (TPSA) is 32.8 Å². The Hall–Kier alpha value is -1.53. The number of likely N-dealkylation sites (tertiary alicyclic amines) is 1. The van der Waals surface area contributed by atoms with Gasteiger partial charge in [0, 0.05) is 31.1 Å². The van der Waals surface area contributed by atoms with Crippen molar-refractivity contribution >= 4 is 5.91 Å². The largest absolute Gasteiger partial charge is 0.378 e. The van der Waals surface area contributed by atoms with Crippen LogP contribution in [0.1, 0.15) is 18.4 Å². The van der Waals surface area contributed by atoms with Crippen LogP contribution in [0.4, 0.5) is 8.78 Å². The molecule has 1 amide bonds. The van der Waals surface area contributed by atoms with Crippen LogP contribution in [0.3, 0.4) is 0 Å². The number of halogens is 2. The summed E-state index contributed by atoms with van der Waals surface area (Å²) in [6.07, 6.45) is 1.54. The van der Waals surface area contributed by atoms with Crippen molar-refractivity contribution in [3.8, 4) is 0 Å². The number of hydrogen-bond acceptors (Lipinski definition) is 3. The predicted octanol–water partition coefficient (Wildman–Crippen LogP) is 2.04. The molecule has 126 valence electrons. The van der Waals surface area contributed by atoms with Gasteiger partial charge in [-0.05, 0) is 32.0 Å². The summed E-state index contributed by atoms with van der Waals surface area (Å²) in [7, 11) is 0. The number of piperidine rings is 1. The highest BCUT2D eigenvalue weighted by molar-refractivity contribution is 5.79. The molecule has 0 N–H and O–H groups in total. The van der Waals surface area contributed by atoms with Crippen LogP contribution in [0.15, 0.2) is 18.2 Å². The Morgan fingerprint density at radius 1 is 1.13 bits per heavy atom. The summed E-state index contributed by atoms with van der Waals surface area (Å²) in [6.45, 7) is 4.43. The molecule has 6 heteroatoms. The zero-order valence-corrected chi connectivity index (χ0v) is 13.1. The van der Waals surface area contributed by atoms with Crippen molar-refractivity contribution in [2.75, 3.05) is 39.4 Å². The van der Waals surface area contributed by atoms with Crippen molar-refractivity contribution in [1.29, 1.82) is 0 Å². The summed E-state index contributed by atoms with van der Waals surface area (Å²) in [5.41, 5.74) is 0.378. The lowest BCUT2D eigenvalue weighted by atomic mass is 9.94. The zero-order chi connectivity index (χ0) is 16.2. The number of morpholine rings is 1. The maximum absolute atomic E-state index is 13.7. The molecule has 0 saturated carbocycles. The first-order valence-electron chi connectivity index (χ1n) is 8.17. The molecular weight excluding hydrogens is 302 g/mol. The summed E-state index contributed by atoms with van der Waals surface area (Å²) >= 11 is 0. The minimum atomic E-state index is -0.806. The smallest absolute Gasteiger partial charge is 0.225 e. The zero-order valence-electron chi connectivity index (χ0n) is 13.1. The third kappa shape index (κ3) is 3.87. The van der Waals surface area contributed by atoms with Gasteiger partial charge in [0.05, 0.1) is 13.2 Å². The van der Waals surface area contributed by atoms with E-state index in [2.05, 4.69) is 4.90 Å². The molecule has 0 bridgehead atoms. The van der Waals surface area contributed by atoms with Gasteiger partial charge < -0.3 is 9.64 Å². The number of hydrogen-bond donors (Lipinski definition) is 0. The van der Waals surface area contributed by atoms with Crippen LogP contribution < -0.4 is 0 Å². The third-order valence-corrected chi connectivity index (χ3v) is 4.69. The molecule has 1 aromatic rings. The van der Waals surface area contributed by atoms with Crippen molar-refractivity contribution in [2.45, 2.75) is 19.4 Å². The van der Waals surface area contributed by atoms with E-state index >= 15 is 0 Å². The third-order valence-electron chi connectivity index (χ3n) is 4.69. The van der Waals surface area contributed by atoms with E-state index in [1.165, 1.54) is 6.07 Å². The Kier molecular flexibility index (Phi) is 5.23. The van der Waals surface area contributed by atoms with Crippen molar-refractivity contribution < 1.29 is 18.3 Å². The minimum absolute atomic E-state index is 0.0432. The van der Waals surface area contributed by atoms with Crippen molar-refractivity contribution in [1.82, 2.24) is 9.80 Å². The molecule has 3 rings (SSSR count). The fourth-order valence-corrected chi connectivity index (χ4v) is 3.29. The van der Waals surface area contributed by atoms with E-state index < -0.39 is 11.6 Å². The van der Waals surface area contributed by atoms with E-state index in [1.807, 2.05) is 4.90 Å². The number of carbonyl (C=O) groups is 1. The van der Waals surface area contributed by atoms with Gasteiger partial charge >= 0.3 is 0 Å². The summed E-state index contributed by atoms with van der Waals surface area (Å²) in [5.74, 6) is -1.31. The van der Waals surface area contributed by atoms with Crippen LogP contribution in [0, 0.1) is 17.6 Å². The van der Waals surface area contributed by atoms with Crippen LogP contribution in [-0.2, 0) is 16.1 Å². The molecule has 2 saturated heterocycles. The van der Waals surface area contributed by atoms with E-state index in [-0.39, 0.29) is 11.8 Å². The quantitative estimate of drug-likeness (QED) is 0.853. The van der Waals surface area contributed by atoms with E-state index in [4.69, 9.17) is 4.74 Å². The molecule has 0 spiro atoms. The molecule has 0 unspecified atom stereocenters. The molecule has 2 aliphatic heterocycles. The van der Waals surface area contributed by atoms with Gasteiger partial charge in [0.15, 0.2) is 11.6 Å². The first-order valence-corrected chi connectivity index (χ1v) is 8.17. The lowest BCUT2D eigenvalue weighted by Crippen LogP contribution is -2.46. The molecule has 2 heterocycles. The molecule has 23 heavy (non-hydrogen) atoms. The Morgan fingerprint density at radius 2 is 1.83 bits per heavy atom. The monoisotopic (exact) mass is 324 g/mol. The summed E-state index contributed by atoms with van der Waals surface area (Å²) < 4.78 is 32.3. The van der Waals surface area contributed by atoms with Crippen molar-refractivity contribution in [3.05, 3.63) is 35.4 Å². The summed E-state index contributed by atoms with van der Waals surface area (Å²) in [6, 6.07) is 4.28. The molecule has 1 aromatic carbocycles. The molecule has 2 aliphatic rings. The second-order valence-corrected chi connectivity index (χ2v) is 6.20. The van der Waals surface area contributed by atoms with Gasteiger partial charge in [-0.2, -0.15) is 0 Å². The second-order valence-electron chi connectivity index (χ2n) is 6.20. The number of ether oxygens (including phenoxy) is 1. The van der Waals surface area contributed by atoms with Gasteiger partial charge in [-0.25, -0.2) is 8.78 Å². The summed E-state index contributed by atoms with van der Waals surface area (Å²) in [5, 5.41) is 0. The lowest BCUT2D eigenvalue weighted by molar-refractivity contribution is -0.141. The van der Waals surface area contributed by atoms with Crippen LogP contribution in [0.25, 0.3) is 0 Å². The Bertz CT molecular complexity index is 554. The normalized spacial score (nSPS) is 20.7. The molecule has 2 fully saturated rings. The van der Waals surface area contributed by atoms with Gasteiger partial charge in [-0.3, -0.25) is 9.69 Å². The maximum atomic E-state index is 13.7. The first kappa shape index (κ1) is 16.3. The molecule has 0 atom stereocenters. The lowest BCUT2D eigenvalue weighted by Gasteiger charge is -2.35. The standard InChI is InChI=1S/C17H22F2N2O2/c18-15-3-1-2-14(16(15)19)12-20-6-4-13(5-7-20)17(22)21-8-10-23-11-9-21/h1-3,13H,4-12H2. The van der Waals surface area contributed by atoms with E-state index in [9.17, 15) is 13.6 Å². The van der Waals surface area contributed by atoms with Crippen LogP contribution >= 0.6 is 0 Å². The minimum Gasteiger partial charge on any atom is -0.378 e. The number of rotatable bonds is 3. The van der Waals surface area contributed by atoms with Gasteiger partial charge in [-0.15, -0.1) is 0 Å². The van der Waals surface area contributed by atoms with Crippen molar-refractivity contribution in [3.63, 3.8) is 0 Å². The number of amides is 1. The maximum Gasteiger partial charge on any atom is 0.225 e. The SMILES string of the molecule is O=C(C1CCN(Cc2cccc(F)c2F)CC1)N1CCOCC1. The summed E-state index contributed by atoms with van der Waals surface area (Å²) in [4.78, 5) is 16.4. The van der Waals surface area contributed by atoms with E-state index in [0.29, 0.717) is 38.4 Å². The molecule has 4 nitrogen and oxygen atoms in total. The average molecular weight is 324 g/mol. The predicted molar refractivity (Wildman–Crippen MR) is 81.8 cm³/mol. The van der Waals surface area contributed by atoms with Gasteiger partial charge in [0.2, 0.25) is 5.91 Å². The van der Waals surface area contributed by atoms with Crippen LogP contribution in [-0.4, -0.2) is 55.1 Å². The molecular formula is C17H22F2N2O2. The highest BCUT2D eigenvalue weighted by Crippen LogP contribution is 2.22. The van der Waals surface area contributed by atoms with E-state index in [1.54, 1.807) is 6.07 Å². The first-order chi connectivity index (χ1) is 11.1. The molecule has 0 aliphatic carbocycles. The molecule has 0 radical (unpaired) electrons. The van der Waals surface area contributed by atoms with Gasteiger partial charge in [0.25, 0.3) is 0 Å². The highest BCUT2D eigenvalue weighted by atomic mass is 19.2. The molecule has 0 aromatic heterocycles. The Balaban J connectivity index is 1.52. The Morgan fingerprint density at radius 3 is 2.52 bits per heavy atom. The fraction of sp³-hybridized carbons (Fsp3) is 0.588.